The van der Waals surface area contributed by atoms with Gasteiger partial charge in [-0.05, 0) is 29.3 Å². The maximum absolute atomic E-state index is 6.51. The van der Waals surface area contributed by atoms with Crippen LogP contribution in [0.4, 0.5) is 0 Å². The summed E-state index contributed by atoms with van der Waals surface area (Å²) in [6, 6.07) is 16.2. The zero-order chi connectivity index (χ0) is 20.5. The highest BCUT2D eigenvalue weighted by atomic mass is 35.5. The van der Waals surface area contributed by atoms with E-state index in [4.69, 9.17) is 21.1 Å². The van der Waals surface area contributed by atoms with Crippen LogP contribution in [-0.4, -0.2) is 57.9 Å². The van der Waals surface area contributed by atoms with Gasteiger partial charge in [0.05, 0.1) is 26.4 Å². The van der Waals surface area contributed by atoms with Crippen LogP contribution in [0.15, 0.2) is 53.5 Å². The second-order valence-electron chi connectivity index (χ2n) is 6.84. The van der Waals surface area contributed by atoms with Crippen LogP contribution in [0.1, 0.15) is 17.2 Å². The SMILES string of the molecule is CN=C(NCc1cccc(OC)c1)NCC(c1ccccc1Cl)N1CCOCC1. The average molecular weight is 417 g/mol. The molecule has 2 aromatic carbocycles. The fourth-order valence-electron chi connectivity index (χ4n) is 3.45. The van der Waals surface area contributed by atoms with Gasteiger partial charge in [0.15, 0.2) is 5.96 Å². The predicted molar refractivity (Wildman–Crippen MR) is 118 cm³/mol. The van der Waals surface area contributed by atoms with Gasteiger partial charge >= 0.3 is 0 Å². The molecule has 1 fully saturated rings. The number of guanidine groups is 1. The first kappa shape index (κ1) is 21.4. The van der Waals surface area contributed by atoms with E-state index in [9.17, 15) is 0 Å². The van der Waals surface area contributed by atoms with E-state index in [2.05, 4.69) is 32.7 Å². The van der Waals surface area contributed by atoms with Crippen LogP contribution in [0.25, 0.3) is 0 Å². The first-order valence-corrected chi connectivity index (χ1v) is 10.2. The minimum Gasteiger partial charge on any atom is -0.497 e. The lowest BCUT2D eigenvalue weighted by Gasteiger charge is -2.35. The Labute approximate surface area is 177 Å². The Kier molecular flexibility index (Phi) is 8.16. The maximum atomic E-state index is 6.51. The van der Waals surface area contributed by atoms with Crippen LogP contribution in [0.3, 0.4) is 0 Å². The van der Waals surface area contributed by atoms with Crippen molar-refractivity contribution in [3.8, 4) is 5.75 Å². The van der Waals surface area contributed by atoms with E-state index >= 15 is 0 Å². The van der Waals surface area contributed by atoms with E-state index in [-0.39, 0.29) is 6.04 Å². The van der Waals surface area contributed by atoms with Crippen molar-refractivity contribution in [1.82, 2.24) is 15.5 Å². The summed E-state index contributed by atoms with van der Waals surface area (Å²) in [5, 5.41) is 7.61. The summed E-state index contributed by atoms with van der Waals surface area (Å²) in [7, 11) is 3.45. The lowest BCUT2D eigenvalue weighted by molar-refractivity contribution is 0.0170. The number of halogens is 1. The van der Waals surface area contributed by atoms with Crippen molar-refractivity contribution in [2.24, 2.45) is 4.99 Å². The Hall–Kier alpha value is -2.28. The summed E-state index contributed by atoms with van der Waals surface area (Å²) < 4.78 is 10.8. The molecule has 3 rings (SSSR count). The molecule has 0 bridgehead atoms. The molecule has 0 saturated carbocycles. The van der Waals surface area contributed by atoms with Crippen LogP contribution >= 0.6 is 11.6 Å². The molecule has 1 atom stereocenters. The van der Waals surface area contributed by atoms with Gasteiger partial charge in [0.25, 0.3) is 0 Å². The number of aliphatic imine (C=N–C) groups is 1. The molecular formula is C22H29ClN4O2. The molecular weight excluding hydrogens is 388 g/mol. The topological polar surface area (TPSA) is 58.1 Å². The van der Waals surface area contributed by atoms with Crippen LogP contribution in [0.5, 0.6) is 5.75 Å². The van der Waals surface area contributed by atoms with Crippen molar-refractivity contribution in [2.75, 3.05) is 47.0 Å². The zero-order valence-corrected chi connectivity index (χ0v) is 17.8. The molecule has 0 spiro atoms. The molecule has 6 nitrogen and oxygen atoms in total. The normalized spacial score (nSPS) is 16.3. The smallest absolute Gasteiger partial charge is 0.191 e. The van der Waals surface area contributed by atoms with Crippen molar-refractivity contribution in [3.05, 3.63) is 64.7 Å². The van der Waals surface area contributed by atoms with Crippen molar-refractivity contribution in [1.29, 1.82) is 0 Å². The fourth-order valence-corrected chi connectivity index (χ4v) is 3.71. The third-order valence-corrected chi connectivity index (χ3v) is 5.38. The number of hydrogen-bond donors (Lipinski definition) is 2. The van der Waals surface area contributed by atoms with Gasteiger partial charge in [-0.2, -0.15) is 0 Å². The Bertz CT molecular complexity index is 809. The molecule has 0 aromatic heterocycles. The van der Waals surface area contributed by atoms with Gasteiger partial charge in [0, 0.05) is 38.2 Å². The van der Waals surface area contributed by atoms with E-state index in [1.54, 1.807) is 14.2 Å². The van der Waals surface area contributed by atoms with Crippen molar-refractivity contribution in [3.63, 3.8) is 0 Å². The third-order valence-electron chi connectivity index (χ3n) is 5.03. The number of rotatable bonds is 7. The van der Waals surface area contributed by atoms with Gasteiger partial charge in [0.2, 0.25) is 0 Å². The van der Waals surface area contributed by atoms with Crippen LogP contribution in [0, 0.1) is 0 Å². The number of ether oxygens (including phenoxy) is 2. The lowest BCUT2D eigenvalue weighted by atomic mass is 10.0. The first-order valence-electron chi connectivity index (χ1n) is 9.85. The minimum absolute atomic E-state index is 0.142. The van der Waals surface area contributed by atoms with Gasteiger partial charge in [0.1, 0.15) is 5.75 Å². The number of methoxy groups -OCH3 is 1. The van der Waals surface area contributed by atoms with E-state index in [1.165, 1.54) is 0 Å². The molecule has 156 valence electrons. The van der Waals surface area contributed by atoms with Gasteiger partial charge in [-0.15, -0.1) is 0 Å². The van der Waals surface area contributed by atoms with Crippen LogP contribution < -0.4 is 15.4 Å². The summed E-state index contributed by atoms with van der Waals surface area (Å²) in [6.07, 6.45) is 0. The van der Waals surface area contributed by atoms with Gasteiger partial charge in [-0.25, -0.2) is 0 Å². The maximum Gasteiger partial charge on any atom is 0.191 e. The highest BCUT2D eigenvalue weighted by Crippen LogP contribution is 2.27. The molecule has 0 aliphatic carbocycles. The summed E-state index contributed by atoms with van der Waals surface area (Å²) in [5.41, 5.74) is 2.25. The van der Waals surface area contributed by atoms with Crippen molar-refractivity contribution >= 4 is 17.6 Å². The Balaban J connectivity index is 1.64. The summed E-state index contributed by atoms with van der Waals surface area (Å²) >= 11 is 6.51. The molecule has 2 aromatic rings. The number of nitrogens with one attached hydrogen (secondary N) is 2. The summed E-state index contributed by atoms with van der Waals surface area (Å²) in [4.78, 5) is 6.78. The number of morpholine rings is 1. The summed E-state index contributed by atoms with van der Waals surface area (Å²) in [5.74, 6) is 1.59. The quantitative estimate of drug-likeness (QED) is 0.536. The number of nitrogens with zero attached hydrogens (tertiary/aromatic N) is 2. The highest BCUT2D eigenvalue weighted by molar-refractivity contribution is 6.31. The largest absolute Gasteiger partial charge is 0.497 e. The number of hydrogen-bond acceptors (Lipinski definition) is 4. The minimum atomic E-state index is 0.142. The molecule has 1 aliphatic rings. The lowest BCUT2D eigenvalue weighted by Crippen LogP contribution is -2.46. The second-order valence-corrected chi connectivity index (χ2v) is 7.25. The average Bonchev–Trinajstić information content (AvgIpc) is 2.78. The molecule has 1 heterocycles. The van der Waals surface area contributed by atoms with E-state index in [1.807, 2.05) is 36.4 Å². The molecule has 0 amide bonds. The fraction of sp³-hybridized carbons (Fsp3) is 0.409. The Morgan fingerprint density at radius 3 is 2.69 bits per heavy atom. The Morgan fingerprint density at radius 2 is 1.97 bits per heavy atom. The second kappa shape index (κ2) is 11.0. The number of benzene rings is 2. The third kappa shape index (κ3) is 6.10. The summed E-state index contributed by atoms with van der Waals surface area (Å²) in [6.45, 7) is 4.60. The highest BCUT2D eigenvalue weighted by Gasteiger charge is 2.24. The van der Waals surface area contributed by atoms with E-state index < -0.39 is 0 Å². The van der Waals surface area contributed by atoms with Crippen molar-refractivity contribution < 1.29 is 9.47 Å². The molecule has 29 heavy (non-hydrogen) atoms. The first-order chi connectivity index (χ1) is 14.2. The molecule has 7 heteroatoms. The predicted octanol–water partition coefficient (Wildman–Crippen LogP) is 3.09. The zero-order valence-electron chi connectivity index (χ0n) is 17.0. The van der Waals surface area contributed by atoms with E-state index in [0.717, 1.165) is 54.2 Å². The Morgan fingerprint density at radius 1 is 1.17 bits per heavy atom. The van der Waals surface area contributed by atoms with E-state index in [0.29, 0.717) is 13.1 Å². The molecule has 1 unspecified atom stereocenters. The molecule has 2 N–H and O–H groups in total. The monoisotopic (exact) mass is 416 g/mol. The van der Waals surface area contributed by atoms with Gasteiger partial charge < -0.3 is 20.1 Å². The molecule has 0 radical (unpaired) electrons. The van der Waals surface area contributed by atoms with Crippen molar-refractivity contribution in [2.45, 2.75) is 12.6 Å². The van der Waals surface area contributed by atoms with Crippen LogP contribution in [-0.2, 0) is 11.3 Å². The van der Waals surface area contributed by atoms with Crippen LogP contribution in [0.2, 0.25) is 5.02 Å². The van der Waals surface area contributed by atoms with Gasteiger partial charge in [-0.1, -0.05) is 41.9 Å². The molecule has 1 saturated heterocycles. The molecule has 1 aliphatic heterocycles. The van der Waals surface area contributed by atoms with Gasteiger partial charge in [-0.3, -0.25) is 9.89 Å². The standard InChI is InChI=1S/C22H29ClN4O2/c1-24-22(25-15-17-6-5-7-18(14-17)28-2)26-16-21(27-10-12-29-13-11-27)19-8-3-4-9-20(19)23/h3-9,14,21H,10-13,15-16H2,1-2H3,(H2,24,25,26).